The van der Waals surface area contributed by atoms with E-state index in [2.05, 4.69) is 0 Å². The molecule has 5 heteroatoms. The number of hydrogen-bond acceptors (Lipinski definition) is 2. The van der Waals surface area contributed by atoms with Crippen LogP contribution in [0.25, 0.3) is 0 Å². The average Bonchev–Trinajstić information content (AvgIpc) is 2.85. The standard InChI is InChI=1S/C15H13F2NOS/c1-9-4-6-20-14(9)15(19)18-5-2-3-10-7-11(16)12(17)8-13(10)18/h4,6-8H,2-3,5H2,1H3. The fourth-order valence-corrected chi connectivity index (χ4v) is 3.38. The van der Waals surface area contributed by atoms with E-state index < -0.39 is 11.6 Å². The lowest BCUT2D eigenvalue weighted by Crippen LogP contribution is -2.35. The number of halogens is 2. The van der Waals surface area contributed by atoms with E-state index in [9.17, 15) is 13.6 Å². The number of fused-ring (bicyclic) bond motifs is 1. The predicted octanol–water partition coefficient (Wildman–Crippen LogP) is 3.93. The van der Waals surface area contributed by atoms with Crippen molar-refractivity contribution in [3.8, 4) is 0 Å². The molecule has 1 aromatic heterocycles. The molecule has 0 aliphatic carbocycles. The third kappa shape index (κ3) is 2.12. The molecule has 1 aliphatic heterocycles. The Kier molecular flexibility index (Phi) is 3.30. The first-order valence-corrected chi connectivity index (χ1v) is 7.30. The first kappa shape index (κ1) is 13.2. The van der Waals surface area contributed by atoms with Crippen molar-refractivity contribution >= 4 is 22.9 Å². The number of amides is 1. The van der Waals surface area contributed by atoms with Crippen LogP contribution in [0.3, 0.4) is 0 Å². The lowest BCUT2D eigenvalue weighted by Gasteiger charge is -2.29. The minimum absolute atomic E-state index is 0.135. The van der Waals surface area contributed by atoms with Gasteiger partial charge in [0.2, 0.25) is 0 Å². The summed E-state index contributed by atoms with van der Waals surface area (Å²) in [6.07, 6.45) is 1.42. The van der Waals surface area contributed by atoms with Gasteiger partial charge in [0, 0.05) is 12.6 Å². The molecular weight excluding hydrogens is 280 g/mol. The van der Waals surface area contributed by atoms with Crippen LogP contribution < -0.4 is 4.90 Å². The number of aryl methyl sites for hydroxylation is 2. The molecule has 1 aliphatic rings. The number of benzene rings is 1. The maximum absolute atomic E-state index is 13.5. The van der Waals surface area contributed by atoms with Gasteiger partial charge in [0.1, 0.15) is 0 Å². The number of carbonyl (C=O) groups is 1. The number of anilines is 1. The minimum atomic E-state index is -0.911. The quantitative estimate of drug-likeness (QED) is 0.780. The van der Waals surface area contributed by atoms with Gasteiger partial charge in [-0.2, -0.15) is 0 Å². The maximum Gasteiger partial charge on any atom is 0.268 e. The van der Waals surface area contributed by atoms with E-state index in [0.717, 1.165) is 18.1 Å². The molecule has 3 rings (SSSR count). The van der Waals surface area contributed by atoms with Gasteiger partial charge in [-0.3, -0.25) is 4.79 Å². The molecule has 0 spiro atoms. The topological polar surface area (TPSA) is 20.3 Å². The summed E-state index contributed by atoms with van der Waals surface area (Å²) in [6, 6.07) is 4.21. The van der Waals surface area contributed by atoms with Crippen LogP contribution in [0.4, 0.5) is 14.5 Å². The Labute approximate surface area is 119 Å². The lowest BCUT2D eigenvalue weighted by molar-refractivity contribution is 0.0988. The van der Waals surface area contributed by atoms with Crippen molar-refractivity contribution in [3.63, 3.8) is 0 Å². The Hall–Kier alpha value is -1.75. The fourth-order valence-electron chi connectivity index (χ4n) is 2.50. The molecule has 0 fully saturated rings. The van der Waals surface area contributed by atoms with Crippen molar-refractivity contribution in [1.82, 2.24) is 0 Å². The van der Waals surface area contributed by atoms with E-state index in [1.54, 1.807) is 4.90 Å². The van der Waals surface area contributed by atoms with Crippen LogP contribution in [-0.2, 0) is 6.42 Å². The molecule has 1 aromatic carbocycles. The molecule has 0 saturated carbocycles. The molecular formula is C15H13F2NOS. The second kappa shape index (κ2) is 4.98. The summed E-state index contributed by atoms with van der Waals surface area (Å²) in [6.45, 7) is 2.41. The van der Waals surface area contributed by atoms with Gasteiger partial charge in [-0.25, -0.2) is 8.78 Å². The molecule has 1 amide bonds. The third-order valence-electron chi connectivity index (χ3n) is 3.54. The van der Waals surface area contributed by atoms with Crippen LogP contribution in [0.5, 0.6) is 0 Å². The summed E-state index contributed by atoms with van der Waals surface area (Å²) in [5.74, 6) is -1.90. The van der Waals surface area contributed by atoms with Crippen LogP contribution in [0.1, 0.15) is 27.2 Å². The van der Waals surface area contributed by atoms with Crippen molar-refractivity contribution < 1.29 is 13.6 Å². The Balaban J connectivity index is 2.04. The van der Waals surface area contributed by atoms with Crippen LogP contribution in [0.15, 0.2) is 23.6 Å². The van der Waals surface area contributed by atoms with E-state index in [1.807, 2.05) is 18.4 Å². The van der Waals surface area contributed by atoms with E-state index in [4.69, 9.17) is 0 Å². The van der Waals surface area contributed by atoms with Gasteiger partial charge < -0.3 is 4.90 Å². The van der Waals surface area contributed by atoms with Gasteiger partial charge in [-0.15, -0.1) is 11.3 Å². The molecule has 0 radical (unpaired) electrons. The minimum Gasteiger partial charge on any atom is -0.307 e. The average molecular weight is 293 g/mol. The number of nitrogens with zero attached hydrogens (tertiary/aromatic N) is 1. The van der Waals surface area contributed by atoms with Crippen LogP contribution in [0, 0.1) is 18.6 Å². The Morgan fingerprint density at radius 3 is 2.75 bits per heavy atom. The van der Waals surface area contributed by atoms with Gasteiger partial charge in [-0.05, 0) is 48.4 Å². The first-order valence-electron chi connectivity index (χ1n) is 6.42. The monoisotopic (exact) mass is 293 g/mol. The summed E-state index contributed by atoms with van der Waals surface area (Å²) in [4.78, 5) is 14.8. The van der Waals surface area contributed by atoms with Gasteiger partial charge in [-0.1, -0.05) is 0 Å². The molecule has 104 valence electrons. The predicted molar refractivity (Wildman–Crippen MR) is 75.4 cm³/mol. The first-order chi connectivity index (χ1) is 9.58. The largest absolute Gasteiger partial charge is 0.307 e. The second-order valence-corrected chi connectivity index (χ2v) is 5.80. The summed E-state index contributed by atoms with van der Waals surface area (Å²) in [7, 11) is 0. The summed E-state index contributed by atoms with van der Waals surface area (Å²) < 4.78 is 26.8. The van der Waals surface area contributed by atoms with Gasteiger partial charge in [0.25, 0.3) is 5.91 Å². The van der Waals surface area contributed by atoms with Crippen molar-refractivity contribution in [1.29, 1.82) is 0 Å². The Morgan fingerprint density at radius 2 is 2.05 bits per heavy atom. The van der Waals surface area contributed by atoms with E-state index in [1.165, 1.54) is 17.4 Å². The number of thiophene rings is 1. The summed E-state index contributed by atoms with van der Waals surface area (Å²) in [5, 5.41) is 1.86. The Morgan fingerprint density at radius 1 is 1.30 bits per heavy atom. The molecule has 2 heterocycles. The van der Waals surface area contributed by atoms with Crippen LogP contribution in [-0.4, -0.2) is 12.5 Å². The smallest absolute Gasteiger partial charge is 0.268 e. The second-order valence-electron chi connectivity index (χ2n) is 4.89. The van der Waals surface area contributed by atoms with Gasteiger partial charge in [0.05, 0.1) is 10.6 Å². The third-order valence-corrected chi connectivity index (χ3v) is 4.55. The maximum atomic E-state index is 13.5. The SMILES string of the molecule is Cc1ccsc1C(=O)N1CCCc2cc(F)c(F)cc21. The van der Waals surface area contributed by atoms with Crippen molar-refractivity contribution in [2.24, 2.45) is 0 Å². The highest BCUT2D eigenvalue weighted by Crippen LogP contribution is 2.31. The van der Waals surface area contributed by atoms with Crippen molar-refractivity contribution in [2.45, 2.75) is 19.8 Å². The van der Waals surface area contributed by atoms with Gasteiger partial charge >= 0.3 is 0 Å². The number of rotatable bonds is 1. The zero-order chi connectivity index (χ0) is 14.3. The highest BCUT2D eigenvalue weighted by atomic mass is 32.1. The Bertz CT molecular complexity index is 681. The number of hydrogen-bond donors (Lipinski definition) is 0. The zero-order valence-electron chi connectivity index (χ0n) is 11.0. The van der Waals surface area contributed by atoms with E-state index in [0.29, 0.717) is 29.1 Å². The molecule has 0 saturated heterocycles. The lowest BCUT2D eigenvalue weighted by atomic mass is 10.0. The summed E-state index contributed by atoms with van der Waals surface area (Å²) >= 11 is 1.37. The molecule has 2 aromatic rings. The molecule has 0 N–H and O–H groups in total. The molecule has 0 atom stereocenters. The number of carbonyl (C=O) groups excluding carboxylic acids is 1. The molecule has 2 nitrogen and oxygen atoms in total. The molecule has 20 heavy (non-hydrogen) atoms. The van der Waals surface area contributed by atoms with E-state index >= 15 is 0 Å². The normalized spacial score (nSPS) is 14.2. The summed E-state index contributed by atoms with van der Waals surface area (Å²) in [5.41, 5.74) is 2.10. The van der Waals surface area contributed by atoms with E-state index in [-0.39, 0.29) is 5.91 Å². The van der Waals surface area contributed by atoms with Crippen molar-refractivity contribution in [2.75, 3.05) is 11.4 Å². The van der Waals surface area contributed by atoms with Gasteiger partial charge in [0.15, 0.2) is 11.6 Å². The van der Waals surface area contributed by atoms with Crippen molar-refractivity contribution in [3.05, 3.63) is 51.2 Å². The van der Waals surface area contributed by atoms with Crippen LogP contribution >= 0.6 is 11.3 Å². The highest BCUT2D eigenvalue weighted by molar-refractivity contribution is 7.12. The highest BCUT2D eigenvalue weighted by Gasteiger charge is 2.26. The fraction of sp³-hybridized carbons (Fsp3) is 0.267. The zero-order valence-corrected chi connectivity index (χ0v) is 11.8. The molecule has 0 unspecified atom stereocenters. The molecule has 0 bridgehead atoms. The van der Waals surface area contributed by atoms with Crippen LogP contribution in [0.2, 0.25) is 0 Å².